The summed E-state index contributed by atoms with van der Waals surface area (Å²) in [7, 11) is 1.67. The maximum Gasteiger partial charge on any atom is 0.118 e. The highest BCUT2D eigenvalue weighted by molar-refractivity contribution is 5.43. The van der Waals surface area contributed by atoms with Crippen molar-refractivity contribution < 1.29 is 4.74 Å². The number of hydrogen-bond donors (Lipinski definition) is 0. The number of nitrogens with zero attached hydrogens (tertiary/aromatic N) is 2. The Morgan fingerprint density at radius 3 is 2.69 bits per heavy atom. The molecule has 82 valence electrons. The Labute approximate surface area is 95.0 Å². The van der Waals surface area contributed by atoms with E-state index in [1.165, 1.54) is 5.56 Å². The van der Waals surface area contributed by atoms with Gasteiger partial charge in [0.1, 0.15) is 5.75 Å². The summed E-state index contributed by atoms with van der Waals surface area (Å²) in [6.45, 7) is 4.47. The molecular weight excluding hydrogens is 200 g/mol. The molecule has 0 aliphatic carbocycles. The van der Waals surface area contributed by atoms with E-state index >= 15 is 0 Å². The average molecular weight is 214 g/mol. The van der Waals surface area contributed by atoms with Crippen LogP contribution in [0.25, 0.3) is 6.08 Å². The Balaban J connectivity index is 2.10. The molecule has 0 spiro atoms. The van der Waals surface area contributed by atoms with Gasteiger partial charge in [-0.1, -0.05) is 24.8 Å². The van der Waals surface area contributed by atoms with E-state index < -0.39 is 0 Å². The lowest BCUT2D eigenvalue weighted by Gasteiger charge is -2.03. The smallest absolute Gasteiger partial charge is 0.118 e. The predicted molar refractivity (Wildman–Crippen MR) is 64.4 cm³/mol. The molecule has 0 fully saturated rings. The van der Waals surface area contributed by atoms with Crippen LogP contribution in [0, 0.1) is 0 Å². The molecule has 2 rings (SSSR count). The van der Waals surface area contributed by atoms with E-state index in [9.17, 15) is 0 Å². The van der Waals surface area contributed by atoms with Crippen molar-refractivity contribution in [1.82, 2.24) is 9.78 Å². The SMILES string of the molecule is C=Cc1cnn(Cc2ccc(OC)cc2)c1. The quantitative estimate of drug-likeness (QED) is 0.782. The van der Waals surface area contributed by atoms with Crippen molar-refractivity contribution in [1.29, 1.82) is 0 Å². The molecule has 0 aliphatic rings. The van der Waals surface area contributed by atoms with Crippen LogP contribution in [-0.2, 0) is 6.54 Å². The van der Waals surface area contributed by atoms with Gasteiger partial charge in [-0.15, -0.1) is 0 Å². The van der Waals surface area contributed by atoms with Crippen molar-refractivity contribution in [3.63, 3.8) is 0 Å². The predicted octanol–water partition coefficient (Wildman–Crippen LogP) is 2.58. The second-order valence-corrected chi connectivity index (χ2v) is 3.52. The van der Waals surface area contributed by atoms with Crippen molar-refractivity contribution in [2.75, 3.05) is 7.11 Å². The molecule has 2 aromatic rings. The van der Waals surface area contributed by atoms with E-state index in [0.29, 0.717) is 0 Å². The number of benzene rings is 1. The molecule has 1 heterocycles. The van der Waals surface area contributed by atoms with Crippen LogP contribution in [0.3, 0.4) is 0 Å². The van der Waals surface area contributed by atoms with Crippen LogP contribution < -0.4 is 4.74 Å². The fourth-order valence-electron chi connectivity index (χ4n) is 1.49. The van der Waals surface area contributed by atoms with Crippen LogP contribution in [0.5, 0.6) is 5.75 Å². The molecule has 0 unspecified atom stereocenters. The van der Waals surface area contributed by atoms with Crippen LogP contribution in [0.15, 0.2) is 43.2 Å². The first-order valence-corrected chi connectivity index (χ1v) is 5.09. The molecule has 0 saturated carbocycles. The van der Waals surface area contributed by atoms with Gasteiger partial charge in [-0.3, -0.25) is 4.68 Å². The van der Waals surface area contributed by atoms with Gasteiger partial charge in [-0.25, -0.2) is 0 Å². The van der Waals surface area contributed by atoms with Gasteiger partial charge in [-0.2, -0.15) is 5.10 Å². The highest BCUT2D eigenvalue weighted by Gasteiger charge is 1.98. The molecule has 1 aromatic heterocycles. The van der Waals surface area contributed by atoms with Gasteiger partial charge in [0, 0.05) is 11.8 Å². The Hall–Kier alpha value is -2.03. The molecule has 16 heavy (non-hydrogen) atoms. The van der Waals surface area contributed by atoms with Crippen LogP contribution in [0.1, 0.15) is 11.1 Å². The molecule has 3 nitrogen and oxygen atoms in total. The highest BCUT2D eigenvalue weighted by Crippen LogP contribution is 2.12. The third-order valence-electron chi connectivity index (χ3n) is 2.39. The lowest BCUT2D eigenvalue weighted by molar-refractivity contribution is 0.414. The van der Waals surface area contributed by atoms with Gasteiger partial charge in [0.25, 0.3) is 0 Å². The summed E-state index contributed by atoms with van der Waals surface area (Å²) in [5, 5.41) is 4.24. The second-order valence-electron chi connectivity index (χ2n) is 3.52. The van der Waals surface area contributed by atoms with Gasteiger partial charge in [0.2, 0.25) is 0 Å². The van der Waals surface area contributed by atoms with E-state index in [1.807, 2.05) is 35.1 Å². The first-order chi connectivity index (χ1) is 7.81. The van der Waals surface area contributed by atoms with E-state index in [1.54, 1.807) is 19.4 Å². The summed E-state index contributed by atoms with van der Waals surface area (Å²) in [6, 6.07) is 7.97. The number of ether oxygens (including phenoxy) is 1. The fourth-order valence-corrected chi connectivity index (χ4v) is 1.49. The molecule has 0 bridgehead atoms. The van der Waals surface area contributed by atoms with Crippen LogP contribution >= 0.6 is 0 Å². The molecule has 0 N–H and O–H groups in total. The van der Waals surface area contributed by atoms with Crippen molar-refractivity contribution in [2.24, 2.45) is 0 Å². The average Bonchev–Trinajstić information content (AvgIpc) is 2.78. The van der Waals surface area contributed by atoms with Crippen LogP contribution in [0.2, 0.25) is 0 Å². The summed E-state index contributed by atoms with van der Waals surface area (Å²) >= 11 is 0. The molecule has 0 radical (unpaired) electrons. The minimum absolute atomic E-state index is 0.762. The molecule has 0 atom stereocenters. The van der Waals surface area contributed by atoms with Crippen molar-refractivity contribution in [2.45, 2.75) is 6.54 Å². The number of rotatable bonds is 4. The summed E-state index contributed by atoms with van der Waals surface area (Å²) in [4.78, 5) is 0. The van der Waals surface area contributed by atoms with Gasteiger partial charge >= 0.3 is 0 Å². The van der Waals surface area contributed by atoms with Crippen molar-refractivity contribution in [3.05, 3.63) is 54.4 Å². The van der Waals surface area contributed by atoms with Crippen molar-refractivity contribution in [3.8, 4) is 5.75 Å². The Morgan fingerprint density at radius 2 is 2.12 bits per heavy atom. The van der Waals surface area contributed by atoms with E-state index in [-0.39, 0.29) is 0 Å². The number of methoxy groups -OCH3 is 1. The van der Waals surface area contributed by atoms with E-state index in [0.717, 1.165) is 17.9 Å². The molecule has 0 amide bonds. The van der Waals surface area contributed by atoms with Gasteiger partial charge in [0.15, 0.2) is 0 Å². The first kappa shape index (κ1) is 10.5. The van der Waals surface area contributed by atoms with Gasteiger partial charge in [-0.05, 0) is 17.7 Å². The zero-order valence-electron chi connectivity index (χ0n) is 9.26. The lowest BCUT2D eigenvalue weighted by atomic mass is 10.2. The van der Waals surface area contributed by atoms with Gasteiger partial charge in [0.05, 0.1) is 19.9 Å². The normalized spacial score (nSPS) is 10.1. The summed E-state index contributed by atoms with van der Waals surface area (Å²) in [6.07, 6.45) is 5.56. The Kier molecular flexibility index (Phi) is 3.05. The maximum absolute atomic E-state index is 5.11. The second kappa shape index (κ2) is 4.66. The largest absolute Gasteiger partial charge is 0.497 e. The van der Waals surface area contributed by atoms with E-state index in [4.69, 9.17) is 4.74 Å². The van der Waals surface area contributed by atoms with Gasteiger partial charge < -0.3 is 4.74 Å². The van der Waals surface area contributed by atoms with Crippen LogP contribution in [0.4, 0.5) is 0 Å². The maximum atomic E-state index is 5.11. The molecule has 0 saturated heterocycles. The zero-order chi connectivity index (χ0) is 11.4. The Bertz CT molecular complexity index is 471. The standard InChI is InChI=1S/C13H14N2O/c1-3-11-8-14-15(9-11)10-12-4-6-13(16-2)7-5-12/h3-9H,1,10H2,2H3. The third-order valence-corrected chi connectivity index (χ3v) is 2.39. The van der Waals surface area contributed by atoms with Crippen molar-refractivity contribution >= 4 is 6.08 Å². The summed E-state index contributed by atoms with van der Waals surface area (Å²) in [5.74, 6) is 0.871. The monoisotopic (exact) mass is 214 g/mol. The minimum Gasteiger partial charge on any atom is -0.497 e. The lowest BCUT2D eigenvalue weighted by Crippen LogP contribution is -1.99. The van der Waals surface area contributed by atoms with Crippen LogP contribution in [-0.4, -0.2) is 16.9 Å². The third kappa shape index (κ3) is 2.31. The summed E-state index contributed by atoms with van der Waals surface area (Å²) < 4.78 is 6.99. The highest BCUT2D eigenvalue weighted by atomic mass is 16.5. The van der Waals surface area contributed by atoms with E-state index in [2.05, 4.69) is 11.7 Å². The zero-order valence-corrected chi connectivity index (χ0v) is 9.26. The fraction of sp³-hybridized carbons (Fsp3) is 0.154. The molecule has 1 aromatic carbocycles. The Morgan fingerprint density at radius 1 is 1.38 bits per heavy atom. The summed E-state index contributed by atoms with van der Waals surface area (Å²) in [5.41, 5.74) is 2.23. The molecule has 3 heteroatoms. The topological polar surface area (TPSA) is 27.1 Å². The minimum atomic E-state index is 0.762. The number of hydrogen-bond acceptors (Lipinski definition) is 2. The first-order valence-electron chi connectivity index (χ1n) is 5.09. The molecular formula is C13H14N2O. The number of aromatic nitrogens is 2. The molecule has 0 aliphatic heterocycles.